The molecule has 1 saturated heterocycles. The fourth-order valence-corrected chi connectivity index (χ4v) is 3.58. The molecular weight excluding hydrogens is 252 g/mol. The van der Waals surface area contributed by atoms with Crippen LogP contribution in [0, 0.1) is 5.92 Å². The topological polar surface area (TPSA) is 47.3 Å². The van der Waals surface area contributed by atoms with Crippen LogP contribution in [0.15, 0.2) is 36.8 Å². The van der Waals surface area contributed by atoms with E-state index in [4.69, 9.17) is 4.74 Å². The maximum absolute atomic E-state index is 10.6. The fourth-order valence-electron chi connectivity index (χ4n) is 3.58. The Morgan fingerprint density at radius 3 is 2.90 bits per heavy atom. The van der Waals surface area contributed by atoms with Gasteiger partial charge in [-0.05, 0) is 19.4 Å². The van der Waals surface area contributed by atoms with Gasteiger partial charge in [-0.2, -0.15) is 0 Å². The molecule has 1 N–H and O–H groups in total. The summed E-state index contributed by atoms with van der Waals surface area (Å²) in [5, 5.41) is 10.6. The Balaban J connectivity index is 1.84. The third kappa shape index (κ3) is 1.46. The Morgan fingerprint density at radius 2 is 2.15 bits per heavy atom. The number of fused-ring (bicyclic) bond motifs is 3. The molecule has 0 amide bonds. The van der Waals surface area contributed by atoms with E-state index in [-0.39, 0.29) is 12.0 Å². The fraction of sp³-hybridized carbons (Fsp3) is 0.438. The minimum atomic E-state index is -0.483. The van der Waals surface area contributed by atoms with E-state index in [1.807, 2.05) is 32.4 Å². The van der Waals surface area contributed by atoms with E-state index >= 15 is 0 Å². The zero-order chi connectivity index (χ0) is 13.9. The highest BCUT2D eigenvalue weighted by Crippen LogP contribution is 2.47. The molecule has 3 heterocycles. The number of imidazole rings is 1. The molecule has 0 bridgehead atoms. The first-order chi connectivity index (χ1) is 9.59. The Bertz CT molecular complexity index is 662. The molecule has 4 rings (SSSR count). The number of aliphatic hydroxyl groups excluding tert-OH is 1. The second-order valence-electron chi connectivity index (χ2n) is 6.24. The van der Waals surface area contributed by atoms with E-state index in [1.54, 1.807) is 0 Å². The normalized spacial score (nSPS) is 30.2. The molecule has 0 aliphatic carbocycles. The second-order valence-corrected chi connectivity index (χ2v) is 6.24. The zero-order valence-electron chi connectivity index (χ0n) is 11.7. The van der Waals surface area contributed by atoms with Crippen molar-refractivity contribution in [1.82, 2.24) is 9.55 Å². The van der Waals surface area contributed by atoms with Crippen molar-refractivity contribution in [3.05, 3.63) is 42.4 Å². The Labute approximate surface area is 118 Å². The Kier molecular flexibility index (Phi) is 2.38. The highest BCUT2D eigenvalue weighted by molar-refractivity contribution is 5.69. The molecule has 104 valence electrons. The summed E-state index contributed by atoms with van der Waals surface area (Å²) >= 11 is 0. The van der Waals surface area contributed by atoms with Crippen LogP contribution in [0.4, 0.5) is 0 Å². The second kappa shape index (κ2) is 3.93. The minimum Gasteiger partial charge on any atom is -0.390 e. The number of aromatic nitrogens is 2. The molecule has 1 aromatic carbocycles. The molecule has 2 aromatic rings. The Morgan fingerprint density at radius 1 is 1.35 bits per heavy atom. The van der Waals surface area contributed by atoms with Crippen molar-refractivity contribution in [2.45, 2.75) is 31.6 Å². The van der Waals surface area contributed by atoms with Gasteiger partial charge in [-0.1, -0.05) is 24.3 Å². The van der Waals surface area contributed by atoms with Crippen LogP contribution in [0.3, 0.4) is 0 Å². The summed E-state index contributed by atoms with van der Waals surface area (Å²) in [5.74, 6) is 0.0570. The van der Waals surface area contributed by atoms with Gasteiger partial charge in [0.05, 0.1) is 42.6 Å². The van der Waals surface area contributed by atoms with Crippen LogP contribution in [-0.4, -0.2) is 33.0 Å². The lowest BCUT2D eigenvalue weighted by atomic mass is 9.85. The first-order valence-electron chi connectivity index (χ1n) is 7.03. The number of nitrogens with zero attached hydrogens (tertiary/aromatic N) is 2. The molecule has 4 nitrogen and oxygen atoms in total. The van der Waals surface area contributed by atoms with Crippen LogP contribution in [0.25, 0.3) is 11.3 Å². The molecule has 0 spiro atoms. The smallest absolute Gasteiger partial charge is 0.0956 e. The summed E-state index contributed by atoms with van der Waals surface area (Å²) in [5.41, 5.74) is 3.12. The monoisotopic (exact) mass is 270 g/mol. The SMILES string of the molecule is CC1(C)OC[C@H]([C@@H]2c3ccccc3-c3cncn32)[C@H]1O. The quantitative estimate of drug-likeness (QED) is 0.864. The first-order valence-corrected chi connectivity index (χ1v) is 7.03. The van der Waals surface area contributed by atoms with Crippen LogP contribution in [0.5, 0.6) is 0 Å². The molecule has 1 fully saturated rings. The number of hydrogen-bond donors (Lipinski definition) is 1. The largest absolute Gasteiger partial charge is 0.390 e. The van der Waals surface area contributed by atoms with Gasteiger partial charge >= 0.3 is 0 Å². The molecule has 20 heavy (non-hydrogen) atoms. The van der Waals surface area contributed by atoms with E-state index in [9.17, 15) is 5.11 Å². The van der Waals surface area contributed by atoms with Gasteiger partial charge in [-0.3, -0.25) is 0 Å². The van der Waals surface area contributed by atoms with E-state index in [0.717, 1.165) is 5.69 Å². The van der Waals surface area contributed by atoms with Crippen molar-refractivity contribution in [3.63, 3.8) is 0 Å². The van der Waals surface area contributed by atoms with Crippen molar-refractivity contribution in [2.75, 3.05) is 6.61 Å². The lowest BCUT2D eigenvalue weighted by molar-refractivity contribution is -0.0321. The van der Waals surface area contributed by atoms with Crippen LogP contribution in [-0.2, 0) is 4.74 Å². The third-order valence-electron chi connectivity index (χ3n) is 4.69. The number of benzene rings is 1. The molecule has 4 heteroatoms. The maximum atomic E-state index is 10.6. The maximum Gasteiger partial charge on any atom is 0.0956 e. The highest BCUT2D eigenvalue weighted by Gasteiger charge is 2.48. The average molecular weight is 270 g/mol. The van der Waals surface area contributed by atoms with Crippen molar-refractivity contribution in [3.8, 4) is 11.3 Å². The molecule has 0 unspecified atom stereocenters. The van der Waals surface area contributed by atoms with Crippen molar-refractivity contribution in [2.24, 2.45) is 5.92 Å². The summed E-state index contributed by atoms with van der Waals surface area (Å²) in [6, 6.07) is 8.48. The predicted molar refractivity (Wildman–Crippen MR) is 75.3 cm³/mol. The Hall–Kier alpha value is -1.65. The molecule has 2 aliphatic heterocycles. The summed E-state index contributed by atoms with van der Waals surface area (Å²) in [4.78, 5) is 4.27. The van der Waals surface area contributed by atoms with Gasteiger partial charge in [0.15, 0.2) is 0 Å². The standard InChI is InChI=1S/C16H18N2O2/c1-16(2)15(19)12(8-20-16)14-11-6-4-3-5-10(11)13-7-17-9-18(13)14/h3-7,9,12,14-15,19H,8H2,1-2H3/t12-,14+,15-/m1/s1. The number of aliphatic hydroxyl groups is 1. The molecule has 0 radical (unpaired) electrons. The number of ether oxygens (including phenoxy) is 1. The van der Waals surface area contributed by atoms with Crippen LogP contribution >= 0.6 is 0 Å². The van der Waals surface area contributed by atoms with E-state index in [1.165, 1.54) is 11.1 Å². The van der Waals surface area contributed by atoms with Gasteiger partial charge < -0.3 is 14.4 Å². The number of hydrogen-bond acceptors (Lipinski definition) is 3. The lowest BCUT2D eigenvalue weighted by Crippen LogP contribution is -2.38. The minimum absolute atomic E-state index is 0.0570. The summed E-state index contributed by atoms with van der Waals surface area (Å²) < 4.78 is 7.97. The molecule has 2 aliphatic rings. The van der Waals surface area contributed by atoms with Gasteiger partial charge in [0.2, 0.25) is 0 Å². The van der Waals surface area contributed by atoms with Crippen LogP contribution in [0.1, 0.15) is 25.5 Å². The molecule has 0 saturated carbocycles. The zero-order valence-corrected chi connectivity index (χ0v) is 11.7. The van der Waals surface area contributed by atoms with Crippen LogP contribution in [0.2, 0.25) is 0 Å². The first kappa shape index (κ1) is 12.1. The summed E-state index contributed by atoms with van der Waals surface area (Å²) in [6.07, 6.45) is 3.28. The highest BCUT2D eigenvalue weighted by atomic mass is 16.5. The lowest BCUT2D eigenvalue weighted by Gasteiger charge is -2.28. The van der Waals surface area contributed by atoms with E-state index < -0.39 is 11.7 Å². The van der Waals surface area contributed by atoms with Gasteiger partial charge in [-0.15, -0.1) is 0 Å². The van der Waals surface area contributed by atoms with E-state index in [0.29, 0.717) is 6.61 Å². The molecule has 1 aromatic heterocycles. The van der Waals surface area contributed by atoms with Crippen molar-refractivity contribution in [1.29, 1.82) is 0 Å². The third-order valence-corrected chi connectivity index (χ3v) is 4.69. The van der Waals surface area contributed by atoms with Gasteiger partial charge in [-0.25, -0.2) is 4.98 Å². The predicted octanol–water partition coefficient (Wildman–Crippen LogP) is 2.24. The summed E-state index contributed by atoms with van der Waals surface area (Å²) in [6.45, 7) is 4.48. The van der Waals surface area contributed by atoms with E-state index in [2.05, 4.69) is 27.8 Å². The van der Waals surface area contributed by atoms with Crippen molar-refractivity contribution < 1.29 is 9.84 Å². The van der Waals surface area contributed by atoms with Gasteiger partial charge in [0.1, 0.15) is 0 Å². The van der Waals surface area contributed by atoms with Gasteiger partial charge in [0, 0.05) is 11.5 Å². The van der Waals surface area contributed by atoms with Gasteiger partial charge in [0.25, 0.3) is 0 Å². The average Bonchev–Trinajstić information content (AvgIpc) is 3.07. The molecular formula is C16H18N2O2. The molecule has 3 atom stereocenters. The summed E-state index contributed by atoms with van der Waals surface area (Å²) in [7, 11) is 0. The van der Waals surface area contributed by atoms with Crippen LogP contribution < -0.4 is 0 Å². The van der Waals surface area contributed by atoms with Crippen molar-refractivity contribution >= 4 is 0 Å². The number of rotatable bonds is 1.